The lowest BCUT2D eigenvalue weighted by Gasteiger charge is -2.37. The molecule has 0 bridgehead atoms. The molecule has 1 atom stereocenters. The molecular weight excluding hydrogens is 597 g/mol. The molecule has 4 aromatic carbocycles. The van der Waals surface area contributed by atoms with Crippen molar-refractivity contribution in [2.45, 2.75) is 50.9 Å². The van der Waals surface area contributed by atoms with E-state index in [0.717, 1.165) is 28.7 Å². The number of nitrogens with zero attached hydrogens (tertiary/aromatic N) is 4. The molecule has 1 fully saturated rings. The third kappa shape index (κ3) is 5.23. The summed E-state index contributed by atoms with van der Waals surface area (Å²) >= 11 is 0. The summed E-state index contributed by atoms with van der Waals surface area (Å²) in [6, 6.07) is 31.8. The summed E-state index contributed by atoms with van der Waals surface area (Å²) < 4.78 is 0. The van der Waals surface area contributed by atoms with E-state index >= 15 is 0 Å². The maximum absolute atomic E-state index is 4.28. The Kier molecular flexibility index (Phi) is 7.38. The van der Waals surface area contributed by atoms with Gasteiger partial charge in [-0.05, 0) is 116 Å². The topological polar surface area (TPSA) is 51.6 Å². The first-order valence-electron chi connectivity index (χ1n) is 17.6. The average Bonchev–Trinajstić information content (AvgIpc) is 3.43. The molecule has 3 aliphatic rings. The molecule has 1 unspecified atom stereocenters. The van der Waals surface area contributed by atoms with Crippen LogP contribution in [0.5, 0.6) is 0 Å². The average molecular weight is 635 g/mol. The van der Waals surface area contributed by atoms with Crippen molar-refractivity contribution in [1.29, 1.82) is 0 Å². The standard InChI is InChI=1S/C45H38N4/c1-30-11-16-42-41(19-30)44-40(9-6-10-43(44)45(42)17-3-2-4-18-45)37-22-35(31-12-14-32(15-13-31)38-24-46-28-47-25-38)21-36(23-37)33-7-5-8-34(20-33)39-26-48-29-49-27-39/h5-10,12-16,19-30H,2-4,11,17-18H2,1H3. The minimum Gasteiger partial charge on any atom is -0.244 e. The van der Waals surface area contributed by atoms with Crippen LogP contribution in [-0.4, -0.2) is 19.9 Å². The number of fused-ring (bicyclic) bond motifs is 5. The number of hydrogen-bond donors (Lipinski definition) is 0. The maximum atomic E-state index is 4.28. The number of benzene rings is 4. The highest BCUT2D eigenvalue weighted by atomic mass is 14.8. The second-order valence-electron chi connectivity index (χ2n) is 14.0. The van der Waals surface area contributed by atoms with Crippen molar-refractivity contribution in [3.63, 3.8) is 0 Å². The van der Waals surface area contributed by atoms with Crippen LogP contribution in [0, 0.1) is 5.92 Å². The third-order valence-corrected chi connectivity index (χ3v) is 11.0. The molecule has 9 rings (SSSR count). The zero-order chi connectivity index (χ0) is 32.8. The van der Waals surface area contributed by atoms with Gasteiger partial charge in [0, 0.05) is 41.3 Å². The van der Waals surface area contributed by atoms with E-state index in [2.05, 4.69) is 124 Å². The van der Waals surface area contributed by atoms with Gasteiger partial charge in [0.15, 0.2) is 0 Å². The van der Waals surface area contributed by atoms with Crippen LogP contribution < -0.4 is 0 Å². The molecule has 0 aliphatic heterocycles. The quantitative estimate of drug-likeness (QED) is 0.189. The number of allylic oxidation sites excluding steroid dienone is 4. The van der Waals surface area contributed by atoms with Crippen LogP contribution in [0.1, 0.15) is 56.6 Å². The Morgan fingerprint density at radius 1 is 0.551 bits per heavy atom. The van der Waals surface area contributed by atoms with E-state index in [1.807, 2.05) is 24.8 Å². The number of aromatic nitrogens is 4. The van der Waals surface area contributed by atoms with Crippen molar-refractivity contribution in [2.75, 3.05) is 0 Å². The van der Waals surface area contributed by atoms with E-state index in [0.29, 0.717) is 5.92 Å². The molecule has 2 heterocycles. The fourth-order valence-electron chi connectivity index (χ4n) is 8.59. The van der Waals surface area contributed by atoms with Crippen LogP contribution in [0.3, 0.4) is 0 Å². The van der Waals surface area contributed by atoms with Gasteiger partial charge in [-0.1, -0.05) is 99.0 Å². The molecule has 1 saturated carbocycles. The summed E-state index contributed by atoms with van der Waals surface area (Å²) in [6.07, 6.45) is 23.4. The minimum absolute atomic E-state index is 0.152. The number of hydrogen-bond acceptors (Lipinski definition) is 4. The van der Waals surface area contributed by atoms with Crippen molar-refractivity contribution < 1.29 is 0 Å². The lowest BCUT2D eigenvalue weighted by molar-refractivity contribution is 0.351. The molecular formula is C45H38N4. The van der Waals surface area contributed by atoms with Crippen LogP contribution in [0.25, 0.3) is 61.2 Å². The molecule has 6 aromatic rings. The van der Waals surface area contributed by atoms with Crippen molar-refractivity contribution in [3.8, 4) is 55.6 Å². The van der Waals surface area contributed by atoms with Gasteiger partial charge in [-0.3, -0.25) is 0 Å². The van der Waals surface area contributed by atoms with E-state index in [1.165, 1.54) is 76.6 Å². The molecule has 0 N–H and O–H groups in total. The van der Waals surface area contributed by atoms with Crippen LogP contribution >= 0.6 is 0 Å². The lowest BCUT2D eigenvalue weighted by Crippen LogP contribution is -2.28. The molecule has 2 aromatic heterocycles. The van der Waals surface area contributed by atoms with Gasteiger partial charge in [-0.2, -0.15) is 0 Å². The summed E-state index contributed by atoms with van der Waals surface area (Å²) in [6.45, 7) is 2.36. The van der Waals surface area contributed by atoms with Crippen molar-refractivity contribution in [2.24, 2.45) is 5.92 Å². The molecule has 0 radical (unpaired) electrons. The molecule has 4 nitrogen and oxygen atoms in total. The van der Waals surface area contributed by atoms with Gasteiger partial charge in [0.25, 0.3) is 0 Å². The van der Waals surface area contributed by atoms with E-state index in [-0.39, 0.29) is 5.41 Å². The molecule has 0 saturated heterocycles. The van der Waals surface area contributed by atoms with Crippen molar-refractivity contribution in [1.82, 2.24) is 19.9 Å². The normalized spacial score (nSPS) is 17.6. The largest absolute Gasteiger partial charge is 0.244 e. The van der Waals surface area contributed by atoms with Crippen LogP contribution in [-0.2, 0) is 5.41 Å². The first-order valence-corrected chi connectivity index (χ1v) is 17.6. The summed E-state index contributed by atoms with van der Waals surface area (Å²) in [5, 5.41) is 0. The van der Waals surface area contributed by atoms with Crippen LogP contribution in [0.4, 0.5) is 0 Å². The predicted molar refractivity (Wildman–Crippen MR) is 199 cm³/mol. The predicted octanol–water partition coefficient (Wildman–Crippen LogP) is 11.2. The lowest BCUT2D eigenvalue weighted by atomic mass is 9.66. The fraction of sp³-hybridized carbons (Fsp3) is 0.200. The summed E-state index contributed by atoms with van der Waals surface area (Å²) in [5.74, 6) is 0.540. The molecule has 0 amide bonds. The summed E-state index contributed by atoms with van der Waals surface area (Å²) in [5.41, 5.74) is 17.8. The molecule has 49 heavy (non-hydrogen) atoms. The monoisotopic (exact) mass is 634 g/mol. The first-order chi connectivity index (χ1) is 24.2. The van der Waals surface area contributed by atoms with Gasteiger partial charge in [0.1, 0.15) is 12.7 Å². The minimum atomic E-state index is 0.152. The summed E-state index contributed by atoms with van der Waals surface area (Å²) in [4.78, 5) is 17.0. The smallest absolute Gasteiger partial charge is 0.115 e. The Bertz CT molecular complexity index is 2230. The van der Waals surface area contributed by atoms with Gasteiger partial charge in [0.05, 0.1) is 0 Å². The fourth-order valence-corrected chi connectivity index (χ4v) is 8.59. The van der Waals surface area contributed by atoms with Crippen LogP contribution in [0.15, 0.2) is 140 Å². The Labute approximate surface area is 288 Å². The Morgan fingerprint density at radius 2 is 1.10 bits per heavy atom. The second-order valence-corrected chi connectivity index (χ2v) is 14.0. The SMILES string of the molecule is CC1C=C2C(=CC1)C1(CCCCC1)c1cccc(-c3cc(-c4ccc(-c5cncnc5)cc4)cc(-c4cccc(-c5cncnc5)c4)c3)c12. The second kappa shape index (κ2) is 12.2. The third-order valence-electron chi connectivity index (χ3n) is 11.0. The number of rotatable bonds is 5. The molecule has 3 aliphatic carbocycles. The summed E-state index contributed by atoms with van der Waals surface area (Å²) in [7, 11) is 0. The van der Waals surface area contributed by atoms with E-state index in [1.54, 1.807) is 23.8 Å². The van der Waals surface area contributed by atoms with Gasteiger partial charge in [-0.15, -0.1) is 0 Å². The zero-order valence-corrected chi connectivity index (χ0v) is 27.8. The Hall–Kier alpha value is -5.48. The van der Waals surface area contributed by atoms with Gasteiger partial charge in [-0.25, -0.2) is 19.9 Å². The van der Waals surface area contributed by atoms with Crippen LogP contribution in [0.2, 0.25) is 0 Å². The van der Waals surface area contributed by atoms with Gasteiger partial charge >= 0.3 is 0 Å². The maximum Gasteiger partial charge on any atom is 0.115 e. The van der Waals surface area contributed by atoms with Crippen molar-refractivity contribution in [3.05, 3.63) is 151 Å². The van der Waals surface area contributed by atoms with Crippen molar-refractivity contribution >= 4 is 5.57 Å². The first kappa shape index (κ1) is 29.6. The Balaban J connectivity index is 1.23. The molecule has 4 heteroatoms. The van der Waals surface area contributed by atoms with E-state index in [4.69, 9.17) is 0 Å². The van der Waals surface area contributed by atoms with E-state index in [9.17, 15) is 0 Å². The van der Waals surface area contributed by atoms with Gasteiger partial charge in [0.2, 0.25) is 0 Å². The zero-order valence-electron chi connectivity index (χ0n) is 27.8. The highest BCUT2D eigenvalue weighted by molar-refractivity contribution is 5.98. The molecule has 1 spiro atoms. The Morgan fingerprint density at radius 3 is 1.80 bits per heavy atom. The highest BCUT2D eigenvalue weighted by Crippen LogP contribution is 2.60. The van der Waals surface area contributed by atoms with E-state index < -0.39 is 0 Å². The molecule has 238 valence electrons. The highest BCUT2D eigenvalue weighted by Gasteiger charge is 2.47. The van der Waals surface area contributed by atoms with Gasteiger partial charge < -0.3 is 0 Å².